The van der Waals surface area contributed by atoms with Crippen LogP contribution in [0.15, 0.2) is 73.1 Å². The molecular weight excluding hydrogens is 377 g/mol. The van der Waals surface area contributed by atoms with E-state index in [1.165, 1.54) is 12.1 Å². The maximum absolute atomic E-state index is 13.2. The van der Waals surface area contributed by atoms with Gasteiger partial charge in [0.1, 0.15) is 5.82 Å². The minimum atomic E-state index is -0.224. The molecule has 1 aromatic heterocycles. The van der Waals surface area contributed by atoms with Gasteiger partial charge >= 0.3 is 0 Å². The Morgan fingerprint density at radius 1 is 0.900 bits per heavy atom. The standard InChI is InChI=1S/C25H26FN3O/c1-28-14-15-29(17-20-4-8-24(26)9-5-20)18-23(25(28)30)16-19-2-6-21(7-3-19)22-10-12-27-13-11-22/h2-13,23H,14-18H2,1H3. The Balaban J connectivity index is 1.46. The summed E-state index contributed by atoms with van der Waals surface area (Å²) in [7, 11) is 1.88. The highest BCUT2D eigenvalue weighted by atomic mass is 19.1. The van der Waals surface area contributed by atoms with Crippen LogP contribution in [0.4, 0.5) is 4.39 Å². The van der Waals surface area contributed by atoms with E-state index in [1.54, 1.807) is 12.4 Å². The van der Waals surface area contributed by atoms with E-state index in [-0.39, 0.29) is 17.6 Å². The molecule has 0 radical (unpaired) electrons. The molecule has 0 N–H and O–H groups in total. The van der Waals surface area contributed by atoms with Crippen molar-refractivity contribution >= 4 is 5.91 Å². The van der Waals surface area contributed by atoms with Crippen molar-refractivity contribution in [1.29, 1.82) is 0 Å². The fourth-order valence-electron chi connectivity index (χ4n) is 4.00. The summed E-state index contributed by atoms with van der Waals surface area (Å²) in [5.41, 5.74) is 4.49. The molecule has 1 fully saturated rings. The van der Waals surface area contributed by atoms with Gasteiger partial charge in [0.15, 0.2) is 0 Å². The first-order valence-corrected chi connectivity index (χ1v) is 10.3. The third-order valence-corrected chi connectivity index (χ3v) is 5.72. The van der Waals surface area contributed by atoms with E-state index < -0.39 is 0 Å². The quantitative estimate of drug-likeness (QED) is 0.646. The molecule has 1 aliphatic heterocycles. The number of amides is 1. The Morgan fingerprint density at radius 2 is 1.53 bits per heavy atom. The van der Waals surface area contributed by atoms with Crippen molar-refractivity contribution in [2.24, 2.45) is 5.92 Å². The SMILES string of the molecule is CN1CCN(Cc2ccc(F)cc2)CC(Cc2ccc(-c3ccncc3)cc2)C1=O. The number of hydrogen-bond donors (Lipinski definition) is 0. The molecule has 1 saturated heterocycles. The van der Waals surface area contributed by atoms with Crippen LogP contribution < -0.4 is 0 Å². The predicted molar refractivity (Wildman–Crippen MR) is 116 cm³/mol. The van der Waals surface area contributed by atoms with Crippen molar-refractivity contribution in [2.75, 3.05) is 26.7 Å². The van der Waals surface area contributed by atoms with Crippen molar-refractivity contribution in [3.8, 4) is 11.1 Å². The molecule has 1 unspecified atom stereocenters. The van der Waals surface area contributed by atoms with Crippen LogP contribution in [0, 0.1) is 11.7 Å². The third kappa shape index (κ3) is 4.92. The lowest BCUT2D eigenvalue weighted by Gasteiger charge is -2.23. The van der Waals surface area contributed by atoms with E-state index in [1.807, 2.05) is 36.2 Å². The second kappa shape index (κ2) is 9.18. The van der Waals surface area contributed by atoms with Gasteiger partial charge in [-0.1, -0.05) is 36.4 Å². The van der Waals surface area contributed by atoms with Gasteiger partial charge in [-0.25, -0.2) is 4.39 Å². The van der Waals surface area contributed by atoms with E-state index >= 15 is 0 Å². The number of hydrogen-bond acceptors (Lipinski definition) is 3. The Hall–Kier alpha value is -3.05. The van der Waals surface area contributed by atoms with Crippen LogP contribution in [-0.4, -0.2) is 47.4 Å². The molecule has 2 aromatic carbocycles. The molecule has 4 rings (SSSR count). The van der Waals surface area contributed by atoms with Crippen molar-refractivity contribution < 1.29 is 9.18 Å². The largest absolute Gasteiger partial charge is 0.344 e. The average molecular weight is 404 g/mol. The first-order valence-electron chi connectivity index (χ1n) is 10.3. The van der Waals surface area contributed by atoms with Crippen LogP contribution in [0.25, 0.3) is 11.1 Å². The first-order chi connectivity index (χ1) is 14.6. The predicted octanol–water partition coefficient (Wildman–Crippen LogP) is 4.02. The van der Waals surface area contributed by atoms with Gasteiger partial charge in [-0.2, -0.15) is 0 Å². The summed E-state index contributed by atoms with van der Waals surface area (Å²) in [5, 5.41) is 0. The van der Waals surface area contributed by atoms with Gasteiger partial charge in [0.2, 0.25) is 5.91 Å². The third-order valence-electron chi connectivity index (χ3n) is 5.72. The topological polar surface area (TPSA) is 36.4 Å². The maximum atomic E-state index is 13.2. The summed E-state index contributed by atoms with van der Waals surface area (Å²) in [4.78, 5) is 21.1. The van der Waals surface area contributed by atoms with Crippen LogP contribution in [0.1, 0.15) is 11.1 Å². The smallest absolute Gasteiger partial charge is 0.227 e. The molecule has 0 bridgehead atoms. The first kappa shape index (κ1) is 20.2. The number of nitrogens with zero attached hydrogens (tertiary/aromatic N) is 3. The van der Waals surface area contributed by atoms with Gasteiger partial charge in [-0.15, -0.1) is 0 Å². The van der Waals surface area contributed by atoms with Gasteiger partial charge in [0, 0.05) is 45.6 Å². The molecule has 0 aliphatic carbocycles. The number of pyridine rings is 1. The monoisotopic (exact) mass is 403 g/mol. The highest BCUT2D eigenvalue weighted by molar-refractivity contribution is 5.79. The van der Waals surface area contributed by atoms with Crippen LogP contribution in [-0.2, 0) is 17.8 Å². The number of carbonyl (C=O) groups is 1. The van der Waals surface area contributed by atoms with E-state index in [9.17, 15) is 9.18 Å². The zero-order chi connectivity index (χ0) is 20.9. The fraction of sp³-hybridized carbons (Fsp3) is 0.280. The minimum Gasteiger partial charge on any atom is -0.344 e. The number of halogens is 1. The Kier molecular flexibility index (Phi) is 6.19. The van der Waals surface area contributed by atoms with Crippen molar-refractivity contribution in [2.45, 2.75) is 13.0 Å². The molecule has 3 aromatic rings. The Labute approximate surface area is 177 Å². The molecular formula is C25H26FN3O. The number of carbonyl (C=O) groups excluding carboxylic acids is 1. The van der Waals surface area contributed by atoms with Gasteiger partial charge in [0.05, 0.1) is 5.92 Å². The molecule has 2 heterocycles. The highest BCUT2D eigenvalue weighted by Crippen LogP contribution is 2.22. The Morgan fingerprint density at radius 3 is 2.23 bits per heavy atom. The molecule has 30 heavy (non-hydrogen) atoms. The molecule has 0 saturated carbocycles. The molecule has 154 valence electrons. The lowest BCUT2D eigenvalue weighted by molar-refractivity contribution is -0.133. The van der Waals surface area contributed by atoms with Crippen molar-refractivity contribution in [3.63, 3.8) is 0 Å². The van der Waals surface area contributed by atoms with Gasteiger partial charge in [-0.05, 0) is 52.9 Å². The van der Waals surface area contributed by atoms with E-state index in [0.717, 1.165) is 35.3 Å². The summed E-state index contributed by atoms with van der Waals surface area (Å²) in [6, 6.07) is 19.0. The molecule has 1 atom stereocenters. The highest BCUT2D eigenvalue weighted by Gasteiger charge is 2.28. The van der Waals surface area contributed by atoms with E-state index in [2.05, 4.69) is 34.1 Å². The maximum Gasteiger partial charge on any atom is 0.227 e. The zero-order valence-electron chi connectivity index (χ0n) is 17.2. The van der Waals surface area contributed by atoms with Crippen molar-refractivity contribution in [3.05, 3.63) is 90.0 Å². The van der Waals surface area contributed by atoms with Gasteiger partial charge < -0.3 is 4.90 Å². The molecule has 5 heteroatoms. The summed E-state index contributed by atoms with van der Waals surface area (Å²) < 4.78 is 13.2. The lowest BCUT2D eigenvalue weighted by atomic mass is 9.96. The summed E-state index contributed by atoms with van der Waals surface area (Å²) in [6.45, 7) is 2.94. The second-order valence-electron chi connectivity index (χ2n) is 7.96. The van der Waals surface area contributed by atoms with Crippen LogP contribution in [0.2, 0.25) is 0 Å². The van der Waals surface area contributed by atoms with Crippen LogP contribution >= 0.6 is 0 Å². The normalized spacial score (nSPS) is 17.7. The summed E-state index contributed by atoms with van der Waals surface area (Å²) in [6.07, 6.45) is 4.29. The summed E-state index contributed by atoms with van der Waals surface area (Å²) >= 11 is 0. The average Bonchev–Trinajstić information content (AvgIpc) is 2.90. The molecule has 4 nitrogen and oxygen atoms in total. The van der Waals surface area contributed by atoms with Crippen LogP contribution in [0.5, 0.6) is 0 Å². The van der Waals surface area contributed by atoms with Crippen molar-refractivity contribution in [1.82, 2.24) is 14.8 Å². The zero-order valence-corrected chi connectivity index (χ0v) is 17.2. The Bertz CT molecular complexity index is 974. The molecule has 0 spiro atoms. The summed E-state index contributed by atoms with van der Waals surface area (Å²) in [5.74, 6) is -0.128. The van der Waals surface area contributed by atoms with Gasteiger partial charge in [0.25, 0.3) is 0 Å². The lowest BCUT2D eigenvalue weighted by Crippen LogP contribution is -2.34. The fourth-order valence-corrected chi connectivity index (χ4v) is 4.00. The second-order valence-corrected chi connectivity index (χ2v) is 7.96. The number of aromatic nitrogens is 1. The number of rotatable bonds is 5. The number of likely N-dealkylation sites (N-methyl/N-ethyl adjacent to an activating group) is 1. The van der Waals surface area contributed by atoms with E-state index in [4.69, 9.17) is 0 Å². The minimum absolute atomic E-state index is 0.0928. The molecule has 1 amide bonds. The van der Waals surface area contributed by atoms with Gasteiger partial charge in [-0.3, -0.25) is 14.7 Å². The molecule has 1 aliphatic rings. The van der Waals surface area contributed by atoms with Crippen LogP contribution in [0.3, 0.4) is 0 Å². The van der Waals surface area contributed by atoms with E-state index in [0.29, 0.717) is 19.5 Å². The number of benzene rings is 2.